The third-order valence-corrected chi connectivity index (χ3v) is 6.84. The van der Waals surface area contributed by atoms with Crippen molar-refractivity contribution in [2.45, 2.75) is 56.1 Å². The topological polar surface area (TPSA) is 96.5 Å². The Kier molecular flexibility index (Phi) is 5.15. The van der Waals surface area contributed by atoms with Crippen molar-refractivity contribution in [3.05, 3.63) is 29.3 Å². The Hall–Kier alpha value is -1.48. The number of nitrogens with one attached hydrogen (secondary N) is 3. The van der Waals surface area contributed by atoms with Crippen LogP contribution in [0.25, 0.3) is 0 Å². The van der Waals surface area contributed by atoms with Gasteiger partial charge in [0.25, 0.3) is 0 Å². The van der Waals surface area contributed by atoms with E-state index in [9.17, 15) is 13.2 Å². The fourth-order valence-electron chi connectivity index (χ4n) is 3.69. The van der Waals surface area contributed by atoms with Crippen molar-refractivity contribution >= 4 is 16.0 Å². The Labute approximate surface area is 148 Å². The van der Waals surface area contributed by atoms with Crippen LogP contribution < -0.4 is 15.6 Å². The molecule has 1 aromatic carbocycles. The van der Waals surface area contributed by atoms with Gasteiger partial charge in [0.2, 0.25) is 10.0 Å². The van der Waals surface area contributed by atoms with Gasteiger partial charge in [0.05, 0.1) is 12.0 Å². The van der Waals surface area contributed by atoms with Crippen LogP contribution in [0.1, 0.15) is 30.4 Å². The molecule has 1 saturated carbocycles. The van der Waals surface area contributed by atoms with E-state index in [1.807, 2.05) is 19.9 Å². The van der Waals surface area contributed by atoms with Crippen LogP contribution in [0.2, 0.25) is 0 Å². The van der Waals surface area contributed by atoms with Crippen molar-refractivity contribution in [1.82, 2.24) is 15.6 Å². The van der Waals surface area contributed by atoms with Crippen LogP contribution in [0.5, 0.6) is 0 Å². The lowest BCUT2D eigenvalue weighted by atomic mass is 9.79. The lowest BCUT2D eigenvalue weighted by molar-refractivity contribution is -0.144. The highest BCUT2D eigenvalue weighted by molar-refractivity contribution is 7.89. The summed E-state index contributed by atoms with van der Waals surface area (Å²) in [5.74, 6) is -0.314. The van der Waals surface area contributed by atoms with Crippen LogP contribution in [0, 0.1) is 19.8 Å². The molecule has 1 saturated heterocycles. The Balaban J connectivity index is 1.72. The van der Waals surface area contributed by atoms with Crippen LogP contribution >= 0.6 is 0 Å². The smallest absolute Gasteiger partial charge is 0.324 e. The van der Waals surface area contributed by atoms with Crippen molar-refractivity contribution in [1.29, 1.82) is 0 Å². The number of hydrazine groups is 1. The van der Waals surface area contributed by atoms with Crippen molar-refractivity contribution in [3.63, 3.8) is 0 Å². The summed E-state index contributed by atoms with van der Waals surface area (Å²) >= 11 is 0. The molecule has 0 aromatic heterocycles. The van der Waals surface area contributed by atoms with Gasteiger partial charge in [-0.3, -0.25) is 10.2 Å². The van der Waals surface area contributed by atoms with Gasteiger partial charge >= 0.3 is 5.97 Å². The van der Waals surface area contributed by atoms with E-state index in [0.717, 1.165) is 24.0 Å². The molecule has 3 N–H and O–H groups in total. The summed E-state index contributed by atoms with van der Waals surface area (Å²) in [5, 5.41) is 0. The minimum atomic E-state index is -3.58. The first-order chi connectivity index (χ1) is 11.8. The molecular weight excluding hydrogens is 342 g/mol. The number of hydrogen-bond donors (Lipinski definition) is 3. The molecule has 0 spiro atoms. The Morgan fingerprint density at radius 3 is 2.64 bits per heavy atom. The second-order valence-corrected chi connectivity index (χ2v) is 8.65. The number of fused-ring (bicyclic) bond motifs is 1. The molecule has 1 aliphatic carbocycles. The predicted molar refractivity (Wildman–Crippen MR) is 93.2 cm³/mol. The number of hydrogen-bond acceptors (Lipinski definition) is 6. The van der Waals surface area contributed by atoms with Gasteiger partial charge in [-0.1, -0.05) is 6.07 Å². The van der Waals surface area contributed by atoms with E-state index >= 15 is 0 Å². The molecule has 4 atom stereocenters. The van der Waals surface area contributed by atoms with Crippen molar-refractivity contribution in [2.24, 2.45) is 5.92 Å². The van der Waals surface area contributed by atoms with Crippen LogP contribution in [-0.4, -0.2) is 39.6 Å². The van der Waals surface area contributed by atoms with E-state index in [1.165, 1.54) is 7.11 Å². The van der Waals surface area contributed by atoms with E-state index in [0.29, 0.717) is 6.42 Å². The number of esters is 1. The molecule has 0 amide bonds. The average Bonchev–Trinajstić information content (AvgIpc) is 2.99. The summed E-state index contributed by atoms with van der Waals surface area (Å²) < 4.78 is 33.0. The van der Waals surface area contributed by atoms with Crippen molar-refractivity contribution in [2.75, 3.05) is 7.11 Å². The quantitative estimate of drug-likeness (QED) is 0.680. The number of rotatable bonds is 4. The van der Waals surface area contributed by atoms with E-state index in [2.05, 4.69) is 15.6 Å². The van der Waals surface area contributed by atoms with Gasteiger partial charge in [0.15, 0.2) is 0 Å². The average molecular weight is 367 g/mol. The monoisotopic (exact) mass is 367 g/mol. The summed E-state index contributed by atoms with van der Waals surface area (Å²) in [6.07, 6.45) is 2.12. The molecule has 25 heavy (non-hydrogen) atoms. The maximum Gasteiger partial charge on any atom is 0.324 e. The lowest BCUT2D eigenvalue weighted by Gasteiger charge is -2.32. The molecule has 138 valence electrons. The van der Waals surface area contributed by atoms with E-state index in [4.69, 9.17) is 4.74 Å². The first-order valence-corrected chi connectivity index (χ1v) is 9.98. The van der Waals surface area contributed by atoms with Gasteiger partial charge in [-0.25, -0.2) is 18.6 Å². The van der Waals surface area contributed by atoms with Gasteiger partial charge in [-0.2, -0.15) is 0 Å². The summed E-state index contributed by atoms with van der Waals surface area (Å²) in [6, 6.07) is 4.67. The number of benzene rings is 1. The fraction of sp³-hybridized carbons (Fsp3) is 0.588. The number of sulfonamides is 1. The van der Waals surface area contributed by atoms with Crippen LogP contribution in [0.4, 0.5) is 0 Å². The van der Waals surface area contributed by atoms with Crippen molar-refractivity contribution < 1.29 is 17.9 Å². The van der Waals surface area contributed by atoms with Gasteiger partial charge in [0.1, 0.15) is 6.04 Å². The molecule has 1 heterocycles. The molecule has 7 nitrogen and oxygen atoms in total. The Bertz CT molecular complexity index is 765. The van der Waals surface area contributed by atoms with E-state index < -0.39 is 16.1 Å². The maximum absolute atomic E-state index is 12.7. The minimum absolute atomic E-state index is 0.00801. The normalized spacial score (nSPS) is 29.2. The van der Waals surface area contributed by atoms with Crippen LogP contribution in [0.15, 0.2) is 23.1 Å². The first-order valence-electron chi connectivity index (χ1n) is 8.50. The minimum Gasteiger partial charge on any atom is -0.468 e. The Morgan fingerprint density at radius 1 is 1.20 bits per heavy atom. The standard InChI is InChI=1S/C17H25N3O4S/c1-10-4-6-13(8-11(10)2)25(22,23)20-12-5-7-15-14(9-12)16(19-18-15)17(21)24-3/h4,6,8,12,14-16,18-20H,5,7,9H2,1-3H3. The molecule has 8 heteroatoms. The largest absolute Gasteiger partial charge is 0.468 e. The molecule has 2 aliphatic rings. The third-order valence-electron chi connectivity index (χ3n) is 5.32. The van der Waals surface area contributed by atoms with Gasteiger partial charge in [0, 0.05) is 18.0 Å². The molecule has 1 aliphatic heterocycles. The zero-order valence-electron chi connectivity index (χ0n) is 14.7. The molecule has 2 fully saturated rings. The number of carbonyl (C=O) groups is 1. The first kappa shape index (κ1) is 18.3. The van der Waals surface area contributed by atoms with Gasteiger partial charge < -0.3 is 4.74 Å². The Morgan fingerprint density at radius 2 is 1.96 bits per heavy atom. The molecule has 4 unspecified atom stereocenters. The molecule has 0 bridgehead atoms. The fourth-order valence-corrected chi connectivity index (χ4v) is 5.06. The zero-order chi connectivity index (χ0) is 18.2. The SMILES string of the molecule is COC(=O)C1NNC2CCC(NS(=O)(=O)c3ccc(C)c(C)c3)CC21. The predicted octanol–water partition coefficient (Wildman–Crippen LogP) is 0.768. The van der Waals surface area contributed by atoms with E-state index in [1.54, 1.807) is 12.1 Å². The second-order valence-electron chi connectivity index (χ2n) is 6.94. The number of methoxy groups -OCH3 is 1. The van der Waals surface area contributed by atoms with Crippen molar-refractivity contribution in [3.8, 4) is 0 Å². The highest BCUT2D eigenvalue weighted by Gasteiger charge is 2.44. The maximum atomic E-state index is 12.7. The summed E-state index contributed by atoms with van der Waals surface area (Å²) in [5.41, 5.74) is 8.11. The number of ether oxygens (including phenoxy) is 1. The van der Waals surface area contributed by atoms with Gasteiger partial charge in [-0.05, 0) is 56.4 Å². The molecule has 1 aromatic rings. The number of carbonyl (C=O) groups excluding carboxylic acids is 1. The molecule has 3 rings (SSSR count). The highest BCUT2D eigenvalue weighted by Crippen LogP contribution is 2.31. The zero-order valence-corrected chi connectivity index (χ0v) is 15.5. The van der Waals surface area contributed by atoms with E-state index in [-0.39, 0.29) is 28.9 Å². The summed E-state index contributed by atoms with van der Waals surface area (Å²) in [6.45, 7) is 3.85. The third kappa shape index (κ3) is 3.72. The van der Waals surface area contributed by atoms with Crippen LogP contribution in [-0.2, 0) is 19.6 Å². The summed E-state index contributed by atoms with van der Waals surface area (Å²) in [4.78, 5) is 12.2. The molecular formula is C17H25N3O4S. The highest BCUT2D eigenvalue weighted by atomic mass is 32.2. The van der Waals surface area contributed by atoms with Gasteiger partial charge in [-0.15, -0.1) is 0 Å². The molecule has 0 radical (unpaired) electrons. The second kappa shape index (κ2) is 7.03. The number of aryl methyl sites for hydroxylation is 2. The lowest BCUT2D eigenvalue weighted by Crippen LogP contribution is -2.46. The summed E-state index contributed by atoms with van der Waals surface area (Å²) in [7, 11) is -2.22. The van der Waals surface area contributed by atoms with Crippen LogP contribution in [0.3, 0.4) is 0 Å².